The maximum Gasteiger partial charge on any atom is 0.127 e. The first-order valence-corrected chi connectivity index (χ1v) is 11.0. The zero-order valence-corrected chi connectivity index (χ0v) is 17.5. The highest BCUT2D eigenvalue weighted by molar-refractivity contribution is 8.05. The van der Waals surface area contributed by atoms with Crippen molar-refractivity contribution in [2.75, 3.05) is 13.1 Å². The fourth-order valence-electron chi connectivity index (χ4n) is 4.03. The van der Waals surface area contributed by atoms with Crippen molar-refractivity contribution < 1.29 is 4.39 Å². The van der Waals surface area contributed by atoms with Gasteiger partial charge in [0, 0.05) is 18.5 Å². The van der Waals surface area contributed by atoms with E-state index in [1.54, 1.807) is 23.9 Å². The van der Waals surface area contributed by atoms with Crippen LogP contribution < -0.4 is 0 Å². The second kappa shape index (κ2) is 10.2. The van der Waals surface area contributed by atoms with Crippen LogP contribution >= 0.6 is 11.8 Å². The average Bonchev–Trinajstić information content (AvgIpc) is 3.14. The molecule has 0 N–H and O–H groups in total. The van der Waals surface area contributed by atoms with E-state index in [1.807, 2.05) is 12.1 Å². The van der Waals surface area contributed by atoms with Crippen LogP contribution in [0, 0.1) is 5.82 Å². The Kier molecular flexibility index (Phi) is 8.27. The summed E-state index contributed by atoms with van der Waals surface area (Å²) in [7, 11) is 0. The zero-order chi connectivity index (χ0) is 19.0. The molecule has 1 saturated carbocycles. The minimum Gasteiger partial charge on any atom is -0.367 e. The number of unbranched alkanes of at least 4 members (excludes halogenated alkanes) is 1. The third-order valence-electron chi connectivity index (χ3n) is 5.60. The Labute approximate surface area is 163 Å². The molecule has 1 fully saturated rings. The predicted molar refractivity (Wildman–Crippen MR) is 114 cm³/mol. The van der Waals surface area contributed by atoms with Gasteiger partial charge in [0.1, 0.15) is 5.82 Å². The van der Waals surface area contributed by atoms with Crippen LogP contribution in [0.25, 0.3) is 0 Å². The summed E-state index contributed by atoms with van der Waals surface area (Å²) in [5.74, 6) is -0.0680. The fraction of sp³-hybridized carbons (Fsp3) is 0.565. The number of benzene rings is 1. The number of rotatable bonds is 10. The van der Waals surface area contributed by atoms with E-state index in [1.165, 1.54) is 31.3 Å². The molecule has 0 unspecified atom stereocenters. The van der Waals surface area contributed by atoms with Crippen molar-refractivity contribution in [1.82, 2.24) is 4.90 Å². The standard InChI is InChI=1S/C23H34FNS/c1-5-7-17-25(16-6-2)20(4)26-18-19(3)23(14-10-11-15-23)21-12-8-9-13-22(21)24/h8-9,12-13,18H,4-7,10-11,14-17H2,1-3H3/b19-18+. The summed E-state index contributed by atoms with van der Waals surface area (Å²) in [6, 6.07) is 7.32. The summed E-state index contributed by atoms with van der Waals surface area (Å²) in [6.45, 7) is 13.0. The fourth-order valence-corrected chi connectivity index (χ4v) is 4.90. The van der Waals surface area contributed by atoms with Crippen LogP contribution in [0.1, 0.15) is 71.3 Å². The second-order valence-electron chi connectivity index (χ2n) is 7.42. The number of allylic oxidation sites excluding steroid dienone is 1. The lowest BCUT2D eigenvalue weighted by Gasteiger charge is -2.32. The van der Waals surface area contributed by atoms with Crippen LogP contribution in [0.4, 0.5) is 4.39 Å². The second-order valence-corrected chi connectivity index (χ2v) is 8.36. The van der Waals surface area contributed by atoms with Gasteiger partial charge in [-0.2, -0.15) is 0 Å². The molecule has 0 radical (unpaired) electrons. The van der Waals surface area contributed by atoms with Gasteiger partial charge in [-0.3, -0.25) is 0 Å². The third kappa shape index (κ3) is 4.94. The molecule has 0 aliphatic heterocycles. The lowest BCUT2D eigenvalue weighted by atomic mass is 9.73. The SMILES string of the molecule is C=C(S/C=C(\C)C1(c2ccccc2F)CCCC1)N(CCC)CCCC. The Hall–Kier alpha value is -1.22. The molecule has 0 amide bonds. The molecule has 1 aliphatic rings. The van der Waals surface area contributed by atoms with Gasteiger partial charge in [-0.25, -0.2) is 4.39 Å². The average molecular weight is 376 g/mol. The summed E-state index contributed by atoms with van der Waals surface area (Å²) in [5.41, 5.74) is 2.00. The molecule has 3 heteroatoms. The monoisotopic (exact) mass is 375 g/mol. The first kappa shape index (κ1) is 21.1. The Morgan fingerprint density at radius 1 is 1.19 bits per heavy atom. The molecular weight excluding hydrogens is 341 g/mol. The highest BCUT2D eigenvalue weighted by Gasteiger charge is 2.39. The van der Waals surface area contributed by atoms with Crippen LogP contribution in [0.15, 0.2) is 46.9 Å². The lowest BCUT2D eigenvalue weighted by Crippen LogP contribution is -2.25. The molecule has 144 valence electrons. The van der Waals surface area contributed by atoms with Crippen LogP contribution in [0.5, 0.6) is 0 Å². The van der Waals surface area contributed by atoms with Crippen molar-refractivity contribution >= 4 is 11.8 Å². The number of nitrogens with zero attached hydrogens (tertiary/aromatic N) is 1. The molecule has 0 bridgehead atoms. The lowest BCUT2D eigenvalue weighted by molar-refractivity contribution is 0.360. The van der Waals surface area contributed by atoms with E-state index in [-0.39, 0.29) is 11.2 Å². The number of halogens is 1. The molecule has 0 aromatic heterocycles. The maximum absolute atomic E-state index is 14.6. The van der Waals surface area contributed by atoms with Gasteiger partial charge < -0.3 is 4.90 Å². The van der Waals surface area contributed by atoms with Gasteiger partial charge in [0.05, 0.1) is 5.03 Å². The van der Waals surface area contributed by atoms with E-state index in [0.29, 0.717) is 0 Å². The van der Waals surface area contributed by atoms with Gasteiger partial charge in [-0.1, -0.05) is 75.2 Å². The normalized spacial score (nSPS) is 16.7. The molecule has 0 spiro atoms. The molecule has 1 aromatic rings. The summed E-state index contributed by atoms with van der Waals surface area (Å²) in [4.78, 5) is 2.39. The van der Waals surface area contributed by atoms with Crippen molar-refractivity contribution in [3.8, 4) is 0 Å². The van der Waals surface area contributed by atoms with E-state index in [2.05, 4.69) is 37.7 Å². The molecule has 0 heterocycles. The number of hydrogen-bond donors (Lipinski definition) is 0. The molecular formula is C23H34FNS. The third-order valence-corrected chi connectivity index (χ3v) is 6.60. The summed E-state index contributed by atoms with van der Waals surface area (Å²) >= 11 is 1.72. The van der Waals surface area contributed by atoms with Crippen molar-refractivity contribution in [2.24, 2.45) is 0 Å². The molecule has 0 atom stereocenters. The first-order valence-electron chi connectivity index (χ1n) is 10.1. The van der Waals surface area contributed by atoms with E-state index in [4.69, 9.17) is 0 Å². The highest BCUT2D eigenvalue weighted by Crippen LogP contribution is 2.48. The van der Waals surface area contributed by atoms with Gasteiger partial charge in [0.15, 0.2) is 0 Å². The molecule has 1 aromatic carbocycles. The van der Waals surface area contributed by atoms with Gasteiger partial charge in [-0.15, -0.1) is 0 Å². The van der Waals surface area contributed by atoms with Gasteiger partial charge in [0.2, 0.25) is 0 Å². The van der Waals surface area contributed by atoms with Crippen molar-refractivity contribution in [1.29, 1.82) is 0 Å². The topological polar surface area (TPSA) is 3.24 Å². The Morgan fingerprint density at radius 3 is 2.50 bits per heavy atom. The largest absolute Gasteiger partial charge is 0.367 e. The Balaban J connectivity index is 2.17. The molecule has 1 aliphatic carbocycles. The first-order chi connectivity index (χ1) is 12.5. The van der Waals surface area contributed by atoms with Crippen LogP contribution in [-0.2, 0) is 5.41 Å². The summed E-state index contributed by atoms with van der Waals surface area (Å²) < 4.78 is 14.6. The summed E-state index contributed by atoms with van der Waals surface area (Å²) in [6.07, 6.45) is 7.94. The van der Waals surface area contributed by atoms with Gasteiger partial charge in [-0.05, 0) is 49.6 Å². The minimum atomic E-state index is -0.141. The van der Waals surface area contributed by atoms with Crippen molar-refractivity contribution in [3.63, 3.8) is 0 Å². The minimum absolute atomic E-state index is 0.0680. The van der Waals surface area contributed by atoms with Crippen molar-refractivity contribution in [3.05, 3.63) is 58.2 Å². The van der Waals surface area contributed by atoms with E-state index in [0.717, 1.165) is 42.9 Å². The highest BCUT2D eigenvalue weighted by atomic mass is 32.2. The van der Waals surface area contributed by atoms with E-state index < -0.39 is 0 Å². The van der Waals surface area contributed by atoms with E-state index >= 15 is 0 Å². The molecule has 1 nitrogen and oxygen atoms in total. The van der Waals surface area contributed by atoms with Crippen molar-refractivity contribution in [2.45, 2.75) is 71.1 Å². The smallest absolute Gasteiger partial charge is 0.127 e. The van der Waals surface area contributed by atoms with E-state index in [9.17, 15) is 4.39 Å². The Morgan fingerprint density at radius 2 is 1.88 bits per heavy atom. The van der Waals surface area contributed by atoms with Crippen LogP contribution in [0.3, 0.4) is 0 Å². The molecule has 0 saturated heterocycles. The predicted octanol–water partition coefficient (Wildman–Crippen LogP) is 7.26. The van der Waals surface area contributed by atoms with Crippen LogP contribution in [0.2, 0.25) is 0 Å². The zero-order valence-electron chi connectivity index (χ0n) is 16.7. The molecule has 26 heavy (non-hydrogen) atoms. The van der Waals surface area contributed by atoms with Gasteiger partial charge in [0.25, 0.3) is 0 Å². The van der Waals surface area contributed by atoms with Gasteiger partial charge >= 0.3 is 0 Å². The maximum atomic E-state index is 14.6. The Bertz CT molecular complexity index is 616. The van der Waals surface area contributed by atoms with Crippen LogP contribution in [-0.4, -0.2) is 18.0 Å². The summed E-state index contributed by atoms with van der Waals surface area (Å²) in [5, 5.41) is 3.34. The number of hydrogen-bond acceptors (Lipinski definition) is 2. The number of thioether (sulfide) groups is 1. The molecule has 2 rings (SSSR count). The quantitative estimate of drug-likeness (QED) is 0.423.